The monoisotopic (exact) mass is 296 g/mol. The van der Waals surface area contributed by atoms with Crippen LogP contribution in [0.25, 0.3) is 5.69 Å². The summed E-state index contributed by atoms with van der Waals surface area (Å²) in [6, 6.07) is 8.27. The van der Waals surface area contributed by atoms with E-state index in [4.69, 9.17) is 0 Å². The Morgan fingerprint density at radius 2 is 2.05 bits per heavy atom. The number of hydrogen-bond acceptors (Lipinski definition) is 4. The lowest BCUT2D eigenvalue weighted by Gasteiger charge is -2.11. The molecule has 1 N–H and O–H groups in total. The highest BCUT2D eigenvalue weighted by molar-refractivity contribution is 5.51. The van der Waals surface area contributed by atoms with E-state index in [9.17, 15) is 0 Å². The zero-order valence-electron chi connectivity index (χ0n) is 13.1. The van der Waals surface area contributed by atoms with E-state index in [1.54, 1.807) is 4.68 Å². The van der Waals surface area contributed by atoms with Gasteiger partial charge in [0.05, 0.1) is 29.8 Å². The quantitative estimate of drug-likeness (QED) is 0.786. The Labute approximate surface area is 129 Å². The number of anilines is 1. The molecule has 0 amide bonds. The Hall–Kier alpha value is -2.63. The van der Waals surface area contributed by atoms with Gasteiger partial charge >= 0.3 is 0 Å². The predicted octanol–water partition coefficient (Wildman–Crippen LogP) is 2.48. The molecule has 0 bridgehead atoms. The fraction of sp³-hybridized carbons (Fsp3) is 0.312. The normalized spacial score (nSPS) is 10.9. The van der Waals surface area contributed by atoms with Crippen LogP contribution >= 0.6 is 0 Å². The van der Waals surface area contributed by atoms with Gasteiger partial charge in [-0.05, 0) is 25.0 Å². The maximum absolute atomic E-state index is 4.55. The average Bonchev–Trinajstić information content (AvgIpc) is 3.11. The van der Waals surface area contributed by atoms with Gasteiger partial charge in [0.2, 0.25) is 0 Å². The van der Waals surface area contributed by atoms with E-state index in [1.807, 2.05) is 36.3 Å². The molecule has 0 aliphatic heterocycles. The molecule has 0 atom stereocenters. The van der Waals surface area contributed by atoms with Crippen molar-refractivity contribution in [2.75, 3.05) is 5.32 Å². The van der Waals surface area contributed by atoms with Gasteiger partial charge in [0, 0.05) is 13.2 Å². The number of nitrogens with one attached hydrogen (secondary N) is 1. The molecule has 0 saturated heterocycles. The zero-order valence-corrected chi connectivity index (χ0v) is 13.1. The van der Waals surface area contributed by atoms with Gasteiger partial charge in [-0.1, -0.05) is 30.3 Å². The van der Waals surface area contributed by atoms with Crippen LogP contribution in [0, 0.1) is 6.92 Å². The molecule has 114 valence electrons. The van der Waals surface area contributed by atoms with E-state index in [1.165, 1.54) is 5.56 Å². The van der Waals surface area contributed by atoms with E-state index in [0.717, 1.165) is 29.2 Å². The second-order valence-corrected chi connectivity index (χ2v) is 5.29. The maximum atomic E-state index is 4.55. The highest BCUT2D eigenvalue weighted by Crippen LogP contribution is 2.22. The summed E-state index contributed by atoms with van der Waals surface area (Å²) in [6.45, 7) is 4.88. The first-order chi connectivity index (χ1) is 10.7. The van der Waals surface area contributed by atoms with Gasteiger partial charge in [-0.25, -0.2) is 4.68 Å². The van der Waals surface area contributed by atoms with Crippen LogP contribution in [-0.4, -0.2) is 24.8 Å². The SMILES string of the molecule is CCc1c(NCc2cn(C)nn2)cnn1-c1ccccc1C. The molecular weight excluding hydrogens is 276 g/mol. The van der Waals surface area contributed by atoms with E-state index >= 15 is 0 Å². The third kappa shape index (κ3) is 2.72. The molecule has 0 aliphatic rings. The van der Waals surface area contributed by atoms with E-state index in [2.05, 4.69) is 46.7 Å². The first kappa shape index (κ1) is 14.3. The Morgan fingerprint density at radius 1 is 1.23 bits per heavy atom. The van der Waals surface area contributed by atoms with Gasteiger partial charge in [-0.3, -0.25) is 4.68 Å². The first-order valence-electron chi connectivity index (χ1n) is 7.41. The van der Waals surface area contributed by atoms with Crippen molar-refractivity contribution in [3.63, 3.8) is 0 Å². The van der Waals surface area contributed by atoms with Crippen LogP contribution in [0.4, 0.5) is 5.69 Å². The third-order valence-electron chi connectivity index (χ3n) is 3.66. The molecule has 0 spiro atoms. The lowest BCUT2D eigenvalue weighted by molar-refractivity contribution is 0.713. The van der Waals surface area contributed by atoms with Crippen LogP contribution in [0.3, 0.4) is 0 Å². The number of rotatable bonds is 5. The first-order valence-corrected chi connectivity index (χ1v) is 7.41. The Morgan fingerprint density at radius 3 is 2.73 bits per heavy atom. The Balaban J connectivity index is 1.86. The molecule has 2 heterocycles. The number of para-hydroxylation sites is 1. The van der Waals surface area contributed by atoms with Crippen LogP contribution in [0.2, 0.25) is 0 Å². The van der Waals surface area contributed by atoms with Gasteiger partial charge in [0.15, 0.2) is 0 Å². The summed E-state index contributed by atoms with van der Waals surface area (Å²) in [5.74, 6) is 0. The fourth-order valence-electron chi connectivity index (χ4n) is 2.53. The lowest BCUT2D eigenvalue weighted by Crippen LogP contribution is -2.06. The fourth-order valence-corrected chi connectivity index (χ4v) is 2.53. The molecule has 0 unspecified atom stereocenters. The average molecular weight is 296 g/mol. The number of hydrogen-bond donors (Lipinski definition) is 1. The molecule has 6 heteroatoms. The summed E-state index contributed by atoms with van der Waals surface area (Å²) in [5.41, 5.74) is 5.44. The van der Waals surface area contributed by atoms with Crippen LogP contribution < -0.4 is 5.32 Å². The van der Waals surface area contributed by atoms with Crippen molar-refractivity contribution in [3.8, 4) is 5.69 Å². The second-order valence-electron chi connectivity index (χ2n) is 5.29. The third-order valence-corrected chi connectivity index (χ3v) is 3.66. The topological polar surface area (TPSA) is 60.6 Å². The molecule has 0 aliphatic carbocycles. The van der Waals surface area contributed by atoms with Crippen LogP contribution in [0.15, 0.2) is 36.7 Å². The molecule has 6 nitrogen and oxygen atoms in total. The summed E-state index contributed by atoms with van der Waals surface area (Å²) < 4.78 is 3.71. The summed E-state index contributed by atoms with van der Waals surface area (Å²) >= 11 is 0. The standard InChI is InChI=1S/C16H20N6/c1-4-15-14(17-9-13-11-21(3)20-19-13)10-18-22(15)16-8-6-5-7-12(16)2/h5-8,10-11,17H,4,9H2,1-3H3. The minimum Gasteiger partial charge on any atom is -0.376 e. The largest absolute Gasteiger partial charge is 0.376 e. The minimum atomic E-state index is 0.639. The highest BCUT2D eigenvalue weighted by atomic mass is 15.4. The Kier molecular flexibility index (Phi) is 3.91. The number of aryl methyl sites for hydroxylation is 2. The van der Waals surface area contributed by atoms with Gasteiger partial charge < -0.3 is 5.32 Å². The van der Waals surface area contributed by atoms with Crippen molar-refractivity contribution in [1.82, 2.24) is 24.8 Å². The summed E-state index contributed by atoms with van der Waals surface area (Å²) in [7, 11) is 1.87. The van der Waals surface area contributed by atoms with E-state index in [-0.39, 0.29) is 0 Å². The molecule has 3 aromatic rings. The molecule has 0 saturated carbocycles. The smallest absolute Gasteiger partial charge is 0.102 e. The Bertz CT molecular complexity index is 771. The summed E-state index contributed by atoms with van der Waals surface area (Å²) in [4.78, 5) is 0. The molecule has 0 fully saturated rings. The molecular formula is C16H20N6. The zero-order chi connectivity index (χ0) is 15.5. The van der Waals surface area contributed by atoms with E-state index < -0.39 is 0 Å². The number of nitrogens with zero attached hydrogens (tertiary/aromatic N) is 5. The number of aromatic nitrogens is 5. The predicted molar refractivity (Wildman–Crippen MR) is 86.0 cm³/mol. The summed E-state index contributed by atoms with van der Waals surface area (Å²) in [5, 5.41) is 16.0. The van der Waals surface area contributed by atoms with Crippen molar-refractivity contribution in [2.45, 2.75) is 26.8 Å². The lowest BCUT2D eigenvalue weighted by atomic mass is 10.2. The molecule has 1 aromatic carbocycles. The molecule has 2 aromatic heterocycles. The minimum absolute atomic E-state index is 0.639. The maximum Gasteiger partial charge on any atom is 0.102 e. The van der Waals surface area contributed by atoms with Crippen molar-refractivity contribution in [2.24, 2.45) is 7.05 Å². The van der Waals surface area contributed by atoms with Crippen molar-refractivity contribution < 1.29 is 0 Å². The van der Waals surface area contributed by atoms with Crippen molar-refractivity contribution in [1.29, 1.82) is 0 Å². The highest BCUT2D eigenvalue weighted by Gasteiger charge is 2.12. The summed E-state index contributed by atoms with van der Waals surface area (Å²) in [6.07, 6.45) is 4.68. The van der Waals surface area contributed by atoms with Gasteiger partial charge in [-0.15, -0.1) is 5.10 Å². The van der Waals surface area contributed by atoms with E-state index in [0.29, 0.717) is 6.54 Å². The van der Waals surface area contributed by atoms with Crippen molar-refractivity contribution >= 4 is 5.69 Å². The molecule has 3 rings (SSSR count). The van der Waals surface area contributed by atoms with Gasteiger partial charge in [0.25, 0.3) is 0 Å². The van der Waals surface area contributed by atoms with Gasteiger partial charge in [0.1, 0.15) is 5.69 Å². The van der Waals surface area contributed by atoms with Crippen LogP contribution in [-0.2, 0) is 20.0 Å². The molecule has 0 radical (unpaired) electrons. The van der Waals surface area contributed by atoms with Crippen LogP contribution in [0.5, 0.6) is 0 Å². The second kappa shape index (κ2) is 6.01. The molecule has 22 heavy (non-hydrogen) atoms. The number of benzene rings is 1. The van der Waals surface area contributed by atoms with Crippen molar-refractivity contribution in [3.05, 3.63) is 53.6 Å². The van der Waals surface area contributed by atoms with Crippen LogP contribution in [0.1, 0.15) is 23.9 Å². The van der Waals surface area contributed by atoms with Gasteiger partial charge in [-0.2, -0.15) is 5.10 Å².